The van der Waals surface area contributed by atoms with Gasteiger partial charge in [-0.3, -0.25) is 14.4 Å². The van der Waals surface area contributed by atoms with Crippen molar-refractivity contribution < 1.29 is 19.1 Å². The maximum Gasteiger partial charge on any atom is 0.238 e. The molecule has 0 aliphatic carbocycles. The number of Topliss-reactive ketones (excluding diaryl/α,β-unsaturated/α-hetero) is 2. The molecule has 0 bridgehead atoms. The number of carbonyl (C=O) groups is 3. The molecule has 3 aliphatic rings. The summed E-state index contributed by atoms with van der Waals surface area (Å²) in [6, 6.07) is 27.2. The van der Waals surface area contributed by atoms with E-state index in [1.54, 1.807) is 48.5 Å². The lowest BCUT2D eigenvalue weighted by Crippen LogP contribution is -2.51. The Morgan fingerprint density at radius 2 is 1.63 bits per heavy atom. The van der Waals surface area contributed by atoms with Crippen LogP contribution < -0.4 is 15.0 Å². The van der Waals surface area contributed by atoms with E-state index in [0.29, 0.717) is 33.1 Å². The summed E-state index contributed by atoms with van der Waals surface area (Å²) in [7, 11) is 1.54. The molecule has 1 spiro atoms. The molecule has 0 aromatic heterocycles. The summed E-state index contributed by atoms with van der Waals surface area (Å²) < 4.78 is 5.43. The minimum absolute atomic E-state index is 0.257. The molecule has 6 nitrogen and oxygen atoms in total. The molecule has 7 rings (SSSR count). The first kappa shape index (κ1) is 25.3. The fourth-order valence-corrected chi connectivity index (χ4v) is 6.99. The molecule has 0 unspecified atom stereocenters. The number of hydrogen-bond acceptors (Lipinski definition) is 5. The van der Waals surface area contributed by atoms with Crippen LogP contribution in [0.2, 0.25) is 5.02 Å². The van der Waals surface area contributed by atoms with Crippen LogP contribution in [-0.4, -0.2) is 36.7 Å². The topological polar surface area (TPSA) is 75.7 Å². The zero-order valence-electron chi connectivity index (χ0n) is 22.1. The zero-order chi connectivity index (χ0) is 28.3. The third-order valence-electron chi connectivity index (χ3n) is 8.58. The largest absolute Gasteiger partial charge is 0.497 e. The van der Waals surface area contributed by atoms with Crippen molar-refractivity contribution in [3.05, 3.63) is 130 Å². The molecule has 3 aliphatic heterocycles. The number of anilines is 2. The van der Waals surface area contributed by atoms with Gasteiger partial charge in [0.05, 0.1) is 19.1 Å². The second-order valence-corrected chi connectivity index (χ2v) is 11.0. The molecule has 4 atom stereocenters. The lowest BCUT2D eigenvalue weighted by Gasteiger charge is -2.37. The maximum atomic E-state index is 14.8. The summed E-state index contributed by atoms with van der Waals surface area (Å²) >= 11 is 6.17. The van der Waals surface area contributed by atoms with Crippen molar-refractivity contribution in [2.24, 2.45) is 5.92 Å². The first-order valence-electron chi connectivity index (χ1n) is 13.4. The first-order chi connectivity index (χ1) is 19.9. The molecule has 202 valence electrons. The van der Waals surface area contributed by atoms with Crippen LogP contribution in [0.1, 0.15) is 31.8 Å². The number of ether oxygens (including phenoxy) is 1. The summed E-state index contributed by atoms with van der Waals surface area (Å²) in [6.45, 7) is 0. The van der Waals surface area contributed by atoms with Gasteiger partial charge in [-0.1, -0.05) is 72.3 Å². The molecule has 41 heavy (non-hydrogen) atoms. The number of benzene rings is 4. The summed E-state index contributed by atoms with van der Waals surface area (Å²) in [6.07, 6.45) is 3.94. The number of hydrogen-bond donors (Lipinski definition) is 1. The SMILES string of the molecule is COc1cccc(C(=O)[C@@H]2[C@H](C(=O)c3ccc(Cl)cc3)N3c4ccccc4C=C[C@@H]3[C@@]23C(=O)Nc2ccccc23)c1. The average Bonchev–Trinajstić information content (AvgIpc) is 3.49. The highest BCUT2D eigenvalue weighted by atomic mass is 35.5. The Balaban J connectivity index is 1.53. The minimum atomic E-state index is -1.37. The van der Waals surface area contributed by atoms with E-state index in [-0.39, 0.29) is 17.5 Å². The average molecular weight is 561 g/mol. The molecule has 3 heterocycles. The molecule has 1 saturated heterocycles. The number of fused-ring (bicyclic) bond motifs is 6. The van der Waals surface area contributed by atoms with E-state index in [1.807, 2.05) is 65.6 Å². The Kier molecular flexibility index (Phi) is 5.84. The molecule has 4 aromatic rings. The standard InChI is InChI=1S/C34H25ClN2O4/c1-41-24-9-6-8-22(19-24)31(38)29-30(32(39)21-13-16-23(35)17-14-21)37-27-12-5-2-7-20(27)15-18-28(37)34(29)25-10-3-4-11-26(25)36-33(34)40/h2-19,28-30H,1H3,(H,36,40)/t28-,29+,30-,34-/m1/s1. The Bertz CT molecular complexity index is 1760. The van der Waals surface area contributed by atoms with Crippen LogP contribution in [0.5, 0.6) is 5.75 Å². The molecule has 7 heteroatoms. The van der Waals surface area contributed by atoms with Gasteiger partial charge in [-0.15, -0.1) is 0 Å². The number of nitrogens with zero attached hydrogens (tertiary/aromatic N) is 1. The van der Waals surface area contributed by atoms with E-state index in [0.717, 1.165) is 11.3 Å². The van der Waals surface area contributed by atoms with E-state index in [1.165, 1.54) is 7.11 Å². The lowest BCUT2D eigenvalue weighted by atomic mass is 9.64. The summed E-state index contributed by atoms with van der Waals surface area (Å²) in [5.41, 5.74) is 2.48. The molecular weight excluding hydrogens is 536 g/mol. The Morgan fingerprint density at radius 1 is 0.878 bits per heavy atom. The monoisotopic (exact) mass is 560 g/mol. The van der Waals surface area contributed by atoms with Crippen LogP contribution in [0.4, 0.5) is 11.4 Å². The summed E-state index contributed by atoms with van der Waals surface area (Å²) in [5.74, 6) is -1.40. The van der Waals surface area contributed by atoms with E-state index in [2.05, 4.69) is 5.32 Å². The molecular formula is C34H25ClN2O4. The van der Waals surface area contributed by atoms with Gasteiger partial charge in [0.15, 0.2) is 11.6 Å². The first-order valence-corrected chi connectivity index (χ1v) is 13.8. The lowest BCUT2D eigenvalue weighted by molar-refractivity contribution is -0.121. The Hall–Kier alpha value is -4.68. The van der Waals surface area contributed by atoms with Crippen LogP contribution in [0.3, 0.4) is 0 Å². The number of para-hydroxylation sites is 2. The Morgan fingerprint density at radius 3 is 2.44 bits per heavy atom. The third-order valence-corrected chi connectivity index (χ3v) is 8.83. The molecule has 1 amide bonds. The number of ketones is 2. The normalized spacial score (nSPS) is 23.5. The van der Waals surface area contributed by atoms with Crippen molar-refractivity contribution in [1.29, 1.82) is 0 Å². The van der Waals surface area contributed by atoms with Crippen molar-refractivity contribution in [3.8, 4) is 5.75 Å². The van der Waals surface area contributed by atoms with Gasteiger partial charge in [0.2, 0.25) is 5.91 Å². The zero-order valence-corrected chi connectivity index (χ0v) is 22.8. The predicted octanol–water partition coefficient (Wildman–Crippen LogP) is 6.20. The van der Waals surface area contributed by atoms with E-state index >= 15 is 0 Å². The third kappa shape index (κ3) is 3.60. The van der Waals surface area contributed by atoms with Gasteiger partial charge in [0, 0.05) is 27.5 Å². The van der Waals surface area contributed by atoms with Crippen LogP contribution in [0.15, 0.2) is 103 Å². The molecule has 1 fully saturated rings. The quantitative estimate of drug-likeness (QED) is 0.294. The van der Waals surface area contributed by atoms with Crippen molar-refractivity contribution in [2.45, 2.75) is 17.5 Å². The van der Waals surface area contributed by atoms with Crippen molar-refractivity contribution in [2.75, 3.05) is 17.3 Å². The number of rotatable bonds is 5. The number of amides is 1. The molecule has 0 radical (unpaired) electrons. The number of nitrogens with one attached hydrogen (secondary N) is 1. The fourth-order valence-electron chi connectivity index (χ4n) is 6.86. The minimum Gasteiger partial charge on any atom is -0.497 e. The van der Waals surface area contributed by atoms with Crippen molar-refractivity contribution in [3.63, 3.8) is 0 Å². The van der Waals surface area contributed by atoms with E-state index in [4.69, 9.17) is 16.3 Å². The van der Waals surface area contributed by atoms with Crippen LogP contribution >= 0.6 is 11.6 Å². The van der Waals surface area contributed by atoms with Gasteiger partial charge in [-0.25, -0.2) is 0 Å². The van der Waals surface area contributed by atoms with Crippen molar-refractivity contribution >= 4 is 46.5 Å². The van der Waals surface area contributed by atoms with Gasteiger partial charge in [-0.05, 0) is 59.7 Å². The summed E-state index contributed by atoms with van der Waals surface area (Å²) in [4.78, 5) is 45.8. The van der Waals surface area contributed by atoms with Crippen LogP contribution in [-0.2, 0) is 10.2 Å². The second kappa shape index (κ2) is 9.46. The fraction of sp³-hybridized carbons (Fsp3) is 0.147. The second-order valence-electron chi connectivity index (χ2n) is 10.5. The molecule has 4 aromatic carbocycles. The van der Waals surface area contributed by atoms with Gasteiger partial charge in [0.25, 0.3) is 0 Å². The van der Waals surface area contributed by atoms with Crippen LogP contribution in [0, 0.1) is 5.92 Å². The highest BCUT2D eigenvalue weighted by molar-refractivity contribution is 6.30. The highest BCUT2D eigenvalue weighted by Gasteiger charge is 2.70. The number of carbonyl (C=O) groups excluding carboxylic acids is 3. The summed E-state index contributed by atoms with van der Waals surface area (Å²) in [5, 5.41) is 3.55. The van der Waals surface area contributed by atoms with Crippen molar-refractivity contribution in [1.82, 2.24) is 0 Å². The smallest absolute Gasteiger partial charge is 0.238 e. The maximum absolute atomic E-state index is 14.8. The number of methoxy groups -OCH3 is 1. The van der Waals surface area contributed by atoms with Gasteiger partial charge in [-0.2, -0.15) is 0 Å². The Labute approximate surface area is 242 Å². The molecule has 1 N–H and O–H groups in total. The van der Waals surface area contributed by atoms with Gasteiger partial charge in [0.1, 0.15) is 17.2 Å². The van der Waals surface area contributed by atoms with E-state index < -0.39 is 23.4 Å². The predicted molar refractivity (Wildman–Crippen MR) is 159 cm³/mol. The highest BCUT2D eigenvalue weighted by Crippen LogP contribution is 2.58. The number of halogens is 1. The van der Waals surface area contributed by atoms with Gasteiger partial charge < -0.3 is 15.0 Å². The van der Waals surface area contributed by atoms with Gasteiger partial charge >= 0.3 is 0 Å². The van der Waals surface area contributed by atoms with E-state index in [9.17, 15) is 14.4 Å². The van der Waals surface area contributed by atoms with Crippen LogP contribution in [0.25, 0.3) is 6.08 Å². The molecule has 0 saturated carbocycles.